The van der Waals surface area contributed by atoms with Crippen LogP contribution in [0.4, 0.5) is 26.3 Å². The Balaban J connectivity index is 1.82. The molecule has 0 saturated heterocycles. The molecular weight excluding hydrogens is 478 g/mol. The summed E-state index contributed by atoms with van der Waals surface area (Å²) in [6.45, 7) is -0.732. The van der Waals surface area contributed by atoms with Gasteiger partial charge < -0.3 is 9.64 Å². The maximum Gasteiger partial charge on any atom is 0.573 e. The fraction of sp³-hybridized carbons (Fsp3) is 0.238. The van der Waals surface area contributed by atoms with E-state index in [1.54, 1.807) is 6.07 Å². The molecule has 0 radical (unpaired) electrons. The van der Waals surface area contributed by atoms with E-state index in [4.69, 9.17) is 11.6 Å². The van der Waals surface area contributed by atoms with E-state index in [9.17, 15) is 35.9 Å². The van der Waals surface area contributed by atoms with Crippen molar-refractivity contribution in [2.75, 3.05) is 6.54 Å². The SMILES string of the molecule is O=C(c1cccc(OC(F)(F)F)c1)n1c2c(c3cc(Cl)ccc31)CCN(C(=O)C(F)(F)F)C2. The fourth-order valence-corrected chi connectivity index (χ4v) is 4.04. The molecule has 0 spiro atoms. The van der Waals surface area contributed by atoms with Crippen LogP contribution in [0.1, 0.15) is 21.6 Å². The lowest BCUT2D eigenvalue weighted by Gasteiger charge is -2.29. The molecule has 3 aromatic rings. The van der Waals surface area contributed by atoms with Gasteiger partial charge in [0.2, 0.25) is 0 Å². The Bertz CT molecular complexity index is 1270. The second-order valence-corrected chi connectivity index (χ2v) is 7.71. The number of rotatable bonds is 2. The van der Waals surface area contributed by atoms with Crippen molar-refractivity contribution < 1.29 is 40.7 Å². The number of alkyl halides is 6. The third-order valence-electron chi connectivity index (χ3n) is 5.16. The van der Waals surface area contributed by atoms with E-state index >= 15 is 0 Å². The van der Waals surface area contributed by atoms with Crippen LogP contribution in [-0.4, -0.2) is 40.4 Å². The van der Waals surface area contributed by atoms with Gasteiger partial charge in [0.25, 0.3) is 5.91 Å². The van der Waals surface area contributed by atoms with Crippen LogP contribution in [0, 0.1) is 0 Å². The first-order chi connectivity index (χ1) is 15.3. The van der Waals surface area contributed by atoms with Gasteiger partial charge in [-0.15, -0.1) is 13.2 Å². The Hall–Kier alpha value is -3.21. The lowest BCUT2D eigenvalue weighted by atomic mass is 10.0. The van der Waals surface area contributed by atoms with Crippen LogP contribution in [0.15, 0.2) is 42.5 Å². The first-order valence-corrected chi connectivity index (χ1v) is 9.81. The Kier molecular flexibility index (Phi) is 5.55. The summed E-state index contributed by atoms with van der Waals surface area (Å²) in [6, 6.07) is 8.83. The van der Waals surface area contributed by atoms with E-state index in [-0.39, 0.29) is 24.2 Å². The number of hydrogen-bond acceptors (Lipinski definition) is 3. The average molecular weight is 491 g/mol. The summed E-state index contributed by atoms with van der Waals surface area (Å²) in [6.07, 6.45) is -10.0. The number of halogens is 7. The molecule has 1 aliphatic rings. The van der Waals surface area contributed by atoms with Gasteiger partial charge >= 0.3 is 18.4 Å². The zero-order chi connectivity index (χ0) is 24.1. The number of hydrogen-bond donors (Lipinski definition) is 0. The predicted molar refractivity (Wildman–Crippen MR) is 105 cm³/mol. The quantitative estimate of drug-likeness (QED) is 0.456. The van der Waals surface area contributed by atoms with E-state index < -0.39 is 36.6 Å². The van der Waals surface area contributed by atoms with E-state index in [1.807, 2.05) is 0 Å². The first-order valence-electron chi connectivity index (χ1n) is 9.43. The molecule has 0 fully saturated rings. The molecule has 1 aliphatic heterocycles. The minimum Gasteiger partial charge on any atom is -0.406 e. The third kappa shape index (κ3) is 4.50. The maximum atomic E-state index is 13.3. The highest BCUT2D eigenvalue weighted by molar-refractivity contribution is 6.31. The van der Waals surface area contributed by atoms with Crippen LogP contribution >= 0.6 is 11.6 Å². The average Bonchev–Trinajstić information content (AvgIpc) is 3.03. The number of aromatic nitrogens is 1. The van der Waals surface area contributed by atoms with Gasteiger partial charge in [0.15, 0.2) is 0 Å². The van der Waals surface area contributed by atoms with Crippen molar-refractivity contribution in [3.05, 3.63) is 64.3 Å². The third-order valence-corrected chi connectivity index (χ3v) is 5.40. The molecule has 174 valence electrons. The molecule has 0 unspecified atom stereocenters. The van der Waals surface area contributed by atoms with Crippen molar-refractivity contribution in [1.82, 2.24) is 9.47 Å². The molecule has 0 N–H and O–H groups in total. The highest BCUT2D eigenvalue weighted by Gasteiger charge is 2.44. The summed E-state index contributed by atoms with van der Waals surface area (Å²) >= 11 is 6.06. The van der Waals surface area contributed by atoms with E-state index in [2.05, 4.69) is 4.74 Å². The molecular formula is C21H13ClF6N2O3. The van der Waals surface area contributed by atoms with Gasteiger partial charge in [-0.1, -0.05) is 17.7 Å². The normalized spacial score (nSPS) is 14.3. The van der Waals surface area contributed by atoms with Crippen LogP contribution in [-0.2, 0) is 17.8 Å². The first kappa shape index (κ1) is 23.0. The second kappa shape index (κ2) is 7.98. The molecule has 1 amide bonds. The van der Waals surface area contributed by atoms with Gasteiger partial charge in [-0.2, -0.15) is 13.2 Å². The van der Waals surface area contributed by atoms with Crippen molar-refractivity contribution in [2.24, 2.45) is 0 Å². The van der Waals surface area contributed by atoms with Gasteiger partial charge in [-0.25, -0.2) is 0 Å². The molecule has 1 aromatic heterocycles. The van der Waals surface area contributed by atoms with Crippen molar-refractivity contribution in [2.45, 2.75) is 25.5 Å². The fourth-order valence-electron chi connectivity index (χ4n) is 3.87. The topological polar surface area (TPSA) is 51.5 Å². The zero-order valence-electron chi connectivity index (χ0n) is 16.4. The van der Waals surface area contributed by atoms with Gasteiger partial charge in [-0.3, -0.25) is 14.2 Å². The lowest BCUT2D eigenvalue weighted by molar-refractivity contribution is -0.274. The maximum absolute atomic E-state index is 13.3. The van der Waals surface area contributed by atoms with Crippen molar-refractivity contribution in [3.63, 3.8) is 0 Å². The summed E-state index contributed by atoms with van der Waals surface area (Å²) in [5.74, 6) is -3.47. The molecule has 0 atom stereocenters. The summed E-state index contributed by atoms with van der Waals surface area (Å²) in [5, 5.41) is 0.830. The van der Waals surface area contributed by atoms with Crippen LogP contribution in [0.25, 0.3) is 10.9 Å². The van der Waals surface area contributed by atoms with E-state index in [0.29, 0.717) is 26.4 Å². The number of ether oxygens (including phenoxy) is 1. The zero-order valence-corrected chi connectivity index (χ0v) is 17.2. The molecule has 5 nitrogen and oxygen atoms in total. The molecule has 0 aliphatic carbocycles. The Labute approximate surface area is 187 Å². The van der Waals surface area contributed by atoms with Gasteiger partial charge in [0.05, 0.1) is 12.1 Å². The molecule has 0 saturated carbocycles. The predicted octanol–water partition coefficient (Wildman–Crippen LogP) is 5.33. The molecule has 4 rings (SSSR count). The second-order valence-electron chi connectivity index (χ2n) is 7.28. The minimum atomic E-state index is -5.09. The van der Waals surface area contributed by atoms with Gasteiger partial charge in [-0.05, 0) is 48.4 Å². The Morgan fingerprint density at radius 2 is 1.73 bits per heavy atom. The number of fused-ring (bicyclic) bond motifs is 3. The Morgan fingerprint density at radius 3 is 2.39 bits per heavy atom. The van der Waals surface area contributed by atoms with Crippen LogP contribution in [0.3, 0.4) is 0 Å². The standard InChI is InChI=1S/C21H13ClF6N2O3/c22-12-4-5-16-15(9-12)14-6-7-29(19(32)20(23,24)25)10-17(14)30(16)18(31)11-2-1-3-13(8-11)33-21(26,27)28/h1-5,8-9H,6-7,10H2. The number of nitrogens with zero attached hydrogens (tertiary/aromatic N) is 2. The number of amides is 1. The molecule has 33 heavy (non-hydrogen) atoms. The highest BCUT2D eigenvalue weighted by Crippen LogP contribution is 2.35. The number of carbonyl (C=O) groups is 2. The van der Waals surface area contributed by atoms with Crippen LogP contribution < -0.4 is 4.74 Å². The van der Waals surface area contributed by atoms with Crippen molar-refractivity contribution in [3.8, 4) is 5.75 Å². The molecule has 12 heteroatoms. The Morgan fingerprint density at radius 1 is 1.00 bits per heavy atom. The van der Waals surface area contributed by atoms with Gasteiger partial charge in [0.1, 0.15) is 5.75 Å². The number of carbonyl (C=O) groups excluding carboxylic acids is 2. The van der Waals surface area contributed by atoms with E-state index in [0.717, 1.165) is 16.7 Å². The van der Waals surface area contributed by atoms with Crippen LogP contribution in [0.5, 0.6) is 5.75 Å². The minimum absolute atomic E-state index is 0.0332. The summed E-state index contributed by atoms with van der Waals surface area (Å²) < 4.78 is 81.6. The molecule has 0 bridgehead atoms. The summed E-state index contributed by atoms with van der Waals surface area (Å²) in [5.41, 5.74) is 0.779. The smallest absolute Gasteiger partial charge is 0.406 e. The van der Waals surface area contributed by atoms with E-state index in [1.165, 1.54) is 24.3 Å². The lowest BCUT2D eigenvalue weighted by Crippen LogP contribution is -2.44. The highest BCUT2D eigenvalue weighted by atomic mass is 35.5. The largest absolute Gasteiger partial charge is 0.573 e. The van der Waals surface area contributed by atoms with Crippen molar-refractivity contribution >= 4 is 34.3 Å². The summed E-state index contributed by atoms with van der Waals surface area (Å²) in [7, 11) is 0. The summed E-state index contributed by atoms with van der Waals surface area (Å²) in [4.78, 5) is 25.7. The number of benzene rings is 2. The van der Waals surface area contributed by atoms with Crippen molar-refractivity contribution in [1.29, 1.82) is 0 Å². The van der Waals surface area contributed by atoms with Crippen LogP contribution in [0.2, 0.25) is 5.02 Å². The monoisotopic (exact) mass is 490 g/mol. The molecule has 2 aromatic carbocycles. The van der Waals surface area contributed by atoms with Gasteiger partial charge in [0, 0.05) is 28.2 Å². The molecule has 2 heterocycles.